The Morgan fingerprint density at radius 2 is 1.50 bits per heavy atom. The summed E-state index contributed by atoms with van der Waals surface area (Å²) in [5.41, 5.74) is 6.33. The minimum Gasteiger partial charge on any atom is -0.370 e. The van der Waals surface area contributed by atoms with E-state index in [1.807, 2.05) is 42.5 Å². The highest BCUT2D eigenvalue weighted by Gasteiger charge is 2.30. The number of unbranched alkanes of at least 4 members (excludes halogenated alkanes) is 1. The average molecular weight is 601 g/mol. The standard InChI is InChI=1S/C32H48N6O3.ClH/c33-30(39)21-29(37-31(40)20-27-8-5-7-26-6-1-2-9-28(26)27)32(41)38-18-12-25(13-19-38)23-36-15-4-3-14-35-22-24-10-16-34-17-11-24;/h1-2,5-9,24-25,29,34-36H,3-4,10-23H2,(H2,33,39)(H,37,40);1H/t29-;/m0./s1. The van der Waals surface area contributed by atoms with Crippen LogP contribution in [0.5, 0.6) is 0 Å². The maximum absolute atomic E-state index is 13.3. The number of fused-ring (bicyclic) bond motifs is 1. The van der Waals surface area contributed by atoms with Gasteiger partial charge in [-0.25, -0.2) is 0 Å². The van der Waals surface area contributed by atoms with Gasteiger partial charge in [0.15, 0.2) is 0 Å². The Morgan fingerprint density at radius 3 is 2.17 bits per heavy atom. The molecule has 10 heteroatoms. The molecule has 1 atom stereocenters. The van der Waals surface area contributed by atoms with E-state index in [1.165, 1.54) is 19.3 Å². The summed E-state index contributed by atoms with van der Waals surface area (Å²) in [6.07, 6.45) is 6.65. The molecule has 0 saturated carbocycles. The van der Waals surface area contributed by atoms with E-state index in [2.05, 4.69) is 21.3 Å². The van der Waals surface area contributed by atoms with Crippen LogP contribution in [0.15, 0.2) is 42.5 Å². The Bertz CT molecular complexity index is 1130. The molecule has 3 amide bonds. The number of primary amides is 1. The van der Waals surface area contributed by atoms with Crippen molar-refractivity contribution < 1.29 is 14.4 Å². The third kappa shape index (κ3) is 10.8. The normalized spacial score (nSPS) is 17.0. The second-order valence-electron chi connectivity index (χ2n) is 11.7. The van der Waals surface area contributed by atoms with Gasteiger partial charge in [-0.1, -0.05) is 42.5 Å². The minimum atomic E-state index is -0.937. The minimum absolute atomic E-state index is 0. The van der Waals surface area contributed by atoms with Crippen LogP contribution in [0.2, 0.25) is 0 Å². The summed E-state index contributed by atoms with van der Waals surface area (Å²) in [5, 5.41) is 15.5. The molecule has 6 N–H and O–H groups in total. The maximum Gasteiger partial charge on any atom is 0.245 e. The van der Waals surface area contributed by atoms with Gasteiger partial charge in [0.2, 0.25) is 17.7 Å². The molecule has 0 aliphatic carbocycles. The first-order valence-electron chi connectivity index (χ1n) is 15.4. The van der Waals surface area contributed by atoms with Crippen molar-refractivity contribution in [1.82, 2.24) is 26.2 Å². The zero-order chi connectivity index (χ0) is 28.9. The molecule has 0 spiro atoms. The van der Waals surface area contributed by atoms with Crippen molar-refractivity contribution in [3.05, 3.63) is 48.0 Å². The molecule has 0 unspecified atom stereocenters. The van der Waals surface area contributed by atoms with Gasteiger partial charge < -0.3 is 31.9 Å². The molecule has 0 bridgehead atoms. The van der Waals surface area contributed by atoms with Crippen LogP contribution in [0.1, 0.15) is 50.5 Å². The SMILES string of the molecule is Cl.NC(=O)C[C@H](NC(=O)Cc1cccc2ccccc12)C(=O)N1CCC(CNCCCCNCC2CCNCC2)CC1. The van der Waals surface area contributed by atoms with E-state index >= 15 is 0 Å². The van der Waals surface area contributed by atoms with Crippen molar-refractivity contribution in [2.24, 2.45) is 17.6 Å². The molecule has 4 rings (SSSR count). The molecular formula is C32H49ClN6O3. The topological polar surface area (TPSA) is 129 Å². The first kappa shape index (κ1) is 33.8. The van der Waals surface area contributed by atoms with E-state index in [9.17, 15) is 14.4 Å². The number of hydrogen-bond donors (Lipinski definition) is 5. The maximum atomic E-state index is 13.3. The van der Waals surface area contributed by atoms with E-state index in [4.69, 9.17) is 5.73 Å². The van der Waals surface area contributed by atoms with Crippen molar-refractivity contribution in [3.8, 4) is 0 Å². The second kappa shape index (κ2) is 18.1. The highest BCUT2D eigenvalue weighted by atomic mass is 35.5. The van der Waals surface area contributed by atoms with Crippen LogP contribution in [-0.2, 0) is 20.8 Å². The van der Waals surface area contributed by atoms with Gasteiger partial charge in [-0.05, 0) is 106 Å². The lowest BCUT2D eigenvalue weighted by Crippen LogP contribution is -2.52. The van der Waals surface area contributed by atoms with Crippen molar-refractivity contribution in [2.45, 2.75) is 57.4 Å². The molecule has 9 nitrogen and oxygen atoms in total. The number of amides is 3. The fourth-order valence-corrected chi connectivity index (χ4v) is 6.04. The van der Waals surface area contributed by atoms with Gasteiger partial charge >= 0.3 is 0 Å². The van der Waals surface area contributed by atoms with Gasteiger partial charge in [0.05, 0.1) is 12.8 Å². The quantitative estimate of drug-likeness (QED) is 0.200. The number of nitrogens with one attached hydrogen (secondary N) is 4. The lowest BCUT2D eigenvalue weighted by atomic mass is 9.96. The number of benzene rings is 2. The summed E-state index contributed by atoms with van der Waals surface area (Å²) in [6.45, 7) is 7.74. The molecular weight excluding hydrogens is 552 g/mol. The number of likely N-dealkylation sites (tertiary alicyclic amines) is 1. The van der Waals surface area contributed by atoms with Crippen LogP contribution in [0.25, 0.3) is 10.8 Å². The van der Waals surface area contributed by atoms with Gasteiger partial charge in [-0.2, -0.15) is 0 Å². The van der Waals surface area contributed by atoms with Gasteiger partial charge in [-0.3, -0.25) is 14.4 Å². The number of nitrogens with two attached hydrogens (primary N) is 1. The summed E-state index contributed by atoms with van der Waals surface area (Å²) in [7, 11) is 0. The number of carbonyl (C=O) groups is 3. The van der Waals surface area contributed by atoms with Gasteiger partial charge in [0, 0.05) is 13.1 Å². The highest BCUT2D eigenvalue weighted by molar-refractivity contribution is 5.94. The molecule has 0 radical (unpaired) electrons. The number of piperidine rings is 2. The number of halogens is 1. The van der Waals surface area contributed by atoms with Crippen molar-refractivity contribution >= 4 is 40.9 Å². The monoisotopic (exact) mass is 600 g/mol. The third-order valence-corrected chi connectivity index (χ3v) is 8.48. The summed E-state index contributed by atoms with van der Waals surface area (Å²) in [6, 6.07) is 12.8. The Labute approximate surface area is 256 Å². The molecule has 2 fully saturated rings. The molecule has 232 valence electrons. The molecule has 2 aliphatic heterocycles. The number of nitrogens with zero attached hydrogens (tertiary/aromatic N) is 1. The molecule has 2 saturated heterocycles. The van der Waals surface area contributed by atoms with Crippen LogP contribution < -0.4 is 27.0 Å². The van der Waals surface area contributed by atoms with Crippen molar-refractivity contribution in [1.29, 1.82) is 0 Å². The smallest absolute Gasteiger partial charge is 0.245 e. The molecule has 0 aromatic heterocycles. The van der Waals surface area contributed by atoms with Crippen LogP contribution in [-0.4, -0.2) is 81.0 Å². The van der Waals surface area contributed by atoms with E-state index in [1.54, 1.807) is 4.90 Å². The van der Waals surface area contributed by atoms with Crippen LogP contribution >= 0.6 is 12.4 Å². The predicted octanol–water partition coefficient (Wildman–Crippen LogP) is 2.36. The Morgan fingerprint density at radius 1 is 0.881 bits per heavy atom. The largest absolute Gasteiger partial charge is 0.370 e. The lowest BCUT2D eigenvalue weighted by Gasteiger charge is -2.34. The summed E-state index contributed by atoms with van der Waals surface area (Å²) < 4.78 is 0. The zero-order valence-corrected chi connectivity index (χ0v) is 25.6. The number of hydrogen-bond acceptors (Lipinski definition) is 6. The van der Waals surface area contributed by atoms with Crippen molar-refractivity contribution in [2.75, 3.05) is 52.4 Å². The van der Waals surface area contributed by atoms with E-state index in [-0.39, 0.29) is 37.1 Å². The lowest BCUT2D eigenvalue weighted by molar-refractivity contribution is -0.139. The first-order valence-corrected chi connectivity index (χ1v) is 15.4. The third-order valence-electron chi connectivity index (χ3n) is 8.48. The highest BCUT2D eigenvalue weighted by Crippen LogP contribution is 2.20. The molecule has 2 aromatic rings. The summed E-state index contributed by atoms with van der Waals surface area (Å²) >= 11 is 0. The van der Waals surface area contributed by atoms with Gasteiger partial charge in [-0.15, -0.1) is 12.4 Å². The van der Waals surface area contributed by atoms with Crippen LogP contribution in [0.3, 0.4) is 0 Å². The fourth-order valence-electron chi connectivity index (χ4n) is 6.04. The Kier molecular flexibility index (Phi) is 14.5. The average Bonchev–Trinajstić information content (AvgIpc) is 2.98. The zero-order valence-electron chi connectivity index (χ0n) is 24.7. The van der Waals surface area contributed by atoms with Crippen LogP contribution in [0.4, 0.5) is 0 Å². The fraction of sp³-hybridized carbons (Fsp3) is 0.594. The predicted molar refractivity (Wildman–Crippen MR) is 171 cm³/mol. The van der Waals surface area contributed by atoms with Crippen LogP contribution in [0, 0.1) is 11.8 Å². The Balaban J connectivity index is 0.00000484. The van der Waals surface area contributed by atoms with Crippen molar-refractivity contribution in [3.63, 3.8) is 0 Å². The van der Waals surface area contributed by atoms with E-state index < -0.39 is 11.9 Å². The molecule has 2 aromatic carbocycles. The first-order chi connectivity index (χ1) is 20.0. The van der Waals surface area contributed by atoms with Gasteiger partial charge in [0.1, 0.15) is 6.04 Å². The molecule has 2 heterocycles. The number of carbonyl (C=O) groups excluding carboxylic acids is 3. The summed E-state index contributed by atoms with van der Waals surface area (Å²) in [4.78, 5) is 39.8. The van der Waals surface area contributed by atoms with Gasteiger partial charge in [0.25, 0.3) is 0 Å². The molecule has 2 aliphatic rings. The summed E-state index contributed by atoms with van der Waals surface area (Å²) in [5.74, 6) is 0.228. The van der Waals surface area contributed by atoms with E-state index in [0.717, 1.165) is 80.8 Å². The molecule has 42 heavy (non-hydrogen) atoms. The number of rotatable bonds is 15. The second-order valence-corrected chi connectivity index (χ2v) is 11.7. The van der Waals surface area contributed by atoms with E-state index in [0.29, 0.717) is 19.0 Å². The Hall–Kier alpha value is -2.72.